The Bertz CT molecular complexity index is 1560. The predicted octanol–water partition coefficient (Wildman–Crippen LogP) is 5.82. The van der Waals surface area contributed by atoms with Crippen LogP contribution in [-0.2, 0) is 52.3 Å². The van der Waals surface area contributed by atoms with Crippen LogP contribution in [0.2, 0.25) is 0 Å². The Balaban J connectivity index is 1.47. The van der Waals surface area contributed by atoms with Crippen LogP contribution in [0, 0.1) is 45.3 Å². The highest BCUT2D eigenvalue weighted by molar-refractivity contribution is 5.68. The SMILES string of the molecule is CC(=O)OC[C@H]1O[C@@H](O[C@@H]2C[C@@H]3[C@@]4(C)CC[C@@H](O)C(C)(C)[C@@H]4CC[C@@]3(C)[C@]3(C)CC[C@H]([C@]4(C)CC[C@H](C(C)(C)O)O4)[C@@H]23)[C@H](OC(C)=O)[C@@H](OC(C)=O)[C@@H]1OC(C)=O. The molecule has 0 radical (unpaired) electrons. The summed E-state index contributed by atoms with van der Waals surface area (Å²) in [6.45, 7) is 22.1. The van der Waals surface area contributed by atoms with Crippen LogP contribution in [0.5, 0.6) is 0 Å². The van der Waals surface area contributed by atoms with Crippen LogP contribution in [0.15, 0.2) is 0 Å². The highest BCUT2D eigenvalue weighted by Crippen LogP contribution is 2.76. The van der Waals surface area contributed by atoms with Gasteiger partial charge in [-0.2, -0.15) is 0 Å². The average Bonchev–Trinajstić information content (AvgIpc) is 3.68. The van der Waals surface area contributed by atoms with Crippen LogP contribution >= 0.6 is 0 Å². The summed E-state index contributed by atoms with van der Waals surface area (Å²) in [5, 5.41) is 22.4. The average molecular weight is 807 g/mol. The zero-order valence-corrected chi connectivity index (χ0v) is 36.4. The fourth-order valence-corrected chi connectivity index (χ4v) is 13.6. The van der Waals surface area contributed by atoms with Crippen LogP contribution in [-0.4, -0.2) is 101 Å². The molecule has 0 amide bonds. The normalized spacial score (nSPS) is 46.5. The fourth-order valence-electron chi connectivity index (χ4n) is 13.6. The molecule has 13 nitrogen and oxygen atoms in total. The molecule has 2 N–H and O–H groups in total. The summed E-state index contributed by atoms with van der Waals surface area (Å²) in [5.41, 5.74) is -2.31. The van der Waals surface area contributed by atoms with Crippen LogP contribution in [0.25, 0.3) is 0 Å². The lowest BCUT2D eigenvalue weighted by atomic mass is 9.35. The van der Waals surface area contributed by atoms with Gasteiger partial charge in [-0.05, 0) is 124 Å². The van der Waals surface area contributed by atoms with E-state index in [1.807, 2.05) is 0 Å². The number of aliphatic hydroxyl groups is 2. The number of hydrogen-bond acceptors (Lipinski definition) is 13. The smallest absolute Gasteiger partial charge is 0.303 e. The first kappa shape index (κ1) is 44.2. The number of carbonyl (C=O) groups excluding carboxylic acids is 4. The molecule has 0 spiro atoms. The molecule has 2 aliphatic heterocycles. The van der Waals surface area contributed by atoms with Crippen LogP contribution in [0.4, 0.5) is 0 Å². The van der Waals surface area contributed by atoms with Crippen LogP contribution < -0.4 is 0 Å². The molecule has 2 heterocycles. The molecule has 57 heavy (non-hydrogen) atoms. The Morgan fingerprint density at radius 2 is 1.32 bits per heavy atom. The van der Waals surface area contributed by atoms with E-state index in [-0.39, 0.29) is 58.0 Å². The second-order valence-corrected chi connectivity index (χ2v) is 20.6. The first-order valence-corrected chi connectivity index (χ1v) is 21.3. The lowest BCUT2D eigenvalue weighted by molar-refractivity contribution is -0.338. The van der Waals surface area contributed by atoms with E-state index in [2.05, 4.69) is 41.5 Å². The molecule has 6 fully saturated rings. The number of hydrogen-bond donors (Lipinski definition) is 2. The minimum absolute atomic E-state index is 0.0402. The summed E-state index contributed by atoms with van der Waals surface area (Å²) in [7, 11) is 0. The third-order valence-electron chi connectivity index (χ3n) is 16.5. The molecule has 324 valence electrons. The summed E-state index contributed by atoms with van der Waals surface area (Å²) >= 11 is 0. The van der Waals surface area contributed by atoms with Crippen molar-refractivity contribution in [1.29, 1.82) is 0 Å². The molecule has 16 atom stereocenters. The zero-order chi connectivity index (χ0) is 42.3. The Labute approximate surface area is 338 Å². The molecule has 4 saturated carbocycles. The molecular weight excluding hydrogens is 736 g/mol. The lowest BCUT2D eigenvalue weighted by Crippen LogP contribution is -2.68. The lowest BCUT2D eigenvalue weighted by Gasteiger charge is -2.71. The second kappa shape index (κ2) is 15.3. The van der Waals surface area contributed by atoms with Gasteiger partial charge in [0.1, 0.15) is 12.7 Å². The van der Waals surface area contributed by atoms with E-state index in [0.29, 0.717) is 12.8 Å². The molecule has 6 rings (SSSR count). The Kier molecular flexibility index (Phi) is 11.9. The maximum atomic E-state index is 12.8. The van der Waals surface area contributed by atoms with Gasteiger partial charge in [0.2, 0.25) is 0 Å². The van der Waals surface area contributed by atoms with Gasteiger partial charge < -0.3 is 43.4 Å². The zero-order valence-electron chi connectivity index (χ0n) is 36.4. The monoisotopic (exact) mass is 806 g/mol. The predicted molar refractivity (Wildman–Crippen MR) is 206 cm³/mol. The highest BCUT2D eigenvalue weighted by Gasteiger charge is 2.73. The Morgan fingerprint density at radius 1 is 0.719 bits per heavy atom. The molecule has 6 aliphatic rings. The Morgan fingerprint density at radius 3 is 1.89 bits per heavy atom. The Hall–Kier alpha value is -2.32. The van der Waals surface area contributed by atoms with Crippen molar-refractivity contribution >= 4 is 23.9 Å². The van der Waals surface area contributed by atoms with Crippen molar-refractivity contribution in [1.82, 2.24) is 0 Å². The van der Waals surface area contributed by atoms with Crippen molar-refractivity contribution in [3.05, 3.63) is 0 Å². The first-order valence-electron chi connectivity index (χ1n) is 21.3. The third-order valence-corrected chi connectivity index (χ3v) is 16.5. The summed E-state index contributed by atoms with van der Waals surface area (Å²) in [6.07, 6.45) is 0.0258. The molecule has 13 heteroatoms. The van der Waals surface area contributed by atoms with Gasteiger partial charge >= 0.3 is 23.9 Å². The van der Waals surface area contributed by atoms with Crippen molar-refractivity contribution in [2.24, 2.45) is 45.3 Å². The number of rotatable bonds is 9. The maximum absolute atomic E-state index is 12.8. The van der Waals surface area contributed by atoms with Gasteiger partial charge in [-0.3, -0.25) is 19.2 Å². The van der Waals surface area contributed by atoms with Crippen molar-refractivity contribution in [3.63, 3.8) is 0 Å². The van der Waals surface area contributed by atoms with Gasteiger partial charge in [0, 0.05) is 27.7 Å². The van der Waals surface area contributed by atoms with Gasteiger partial charge in [-0.15, -0.1) is 0 Å². The quantitative estimate of drug-likeness (QED) is 0.162. The van der Waals surface area contributed by atoms with E-state index >= 15 is 0 Å². The molecule has 0 aromatic carbocycles. The van der Waals surface area contributed by atoms with Crippen LogP contribution in [0.3, 0.4) is 0 Å². The van der Waals surface area contributed by atoms with Gasteiger partial charge in [-0.25, -0.2) is 0 Å². The minimum atomic E-state index is -1.34. The molecular formula is C44H70O13. The van der Waals surface area contributed by atoms with Crippen molar-refractivity contribution < 1.29 is 62.5 Å². The summed E-state index contributed by atoms with van der Waals surface area (Å²) in [5.74, 6) is -2.21. The van der Waals surface area contributed by atoms with E-state index in [1.165, 1.54) is 27.7 Å². The molecule has 2 saturated heterocycles. The van der Waals surface area contributed by atoms with Crippen LogP contribution in [0.1, 0.15) is 141 Å². The molecule has 0 aromatic rings. The van der Waals surface area contributed by atoms with Gasteiger partial charge in [0.15, 0.2) is 24.6 Å². The highest BCUT2D eigenvalue weighted by atomic mass is 16.7. The molecule has 0 aromatic heterocycles. The second-order valence-electron chi connectivity index (χ2n) is 20.6. The topological polar surface area (TPSA) is 173 Å². The summed E-state index contributed by atoms with van der Waals surface area (Å²) in [4.78, 5) is 50.0. The summed E-state index contributed by atoms with van der Waals surface area (Å²) < 4.78 is 43.6. The number of ether oxygens (including phenoxy) is 7. The van der Waals surface area contributed by atoms with Gasteiger partial charge in [0.25, 0.3) is 0 Å². The van der Waals surface area contributed by atoms with Crippen molar-refractivity contribution in [3.8, 4) is 0 Å². The van der Waals surface area contributed by atoms with E-state index < -0.39 is 78.0 Å². The van der Waals surface area contributed by atoms with E-state index in [1.54, 1.807) is 13.8 Å². The standard InChI is InChI=1S/C44H70O13/c1-23(45)51-22-29-35(52-24(2)46)36(53-25(3)47)37(54-26(4)48)38(56-29)55-28-21-31-41(9)17-15-32(49)39(5,6)30(41)14-19-42(31,10)43(11)18-13-27(34(28)43)44(12)20-16-33(57-44)40(7,8)50/h27-38,49-50H,13-22H2,1-12H3/t27-,28+,29+,30-,31+,32+,33+,34-,35+,36-,37+,38+,41-,42+,43+,44-/m0/s1. The largest absolute Gasteiger partial charge is 0.463 e. The third kappa shape index (κ3) is 7.67. The molecule has 0 bridgehead atoms. The number of fused-ring (bicyclic) bond motifs is 5. The molecule has 0 unspecified atom stereocenters. The summed E-state index contributed by atoms with van der Waals surface area (Å²) in [6, 6.07) is 0. The fraction of sp³-hybridized carbons (Fsp3) is 0.909. The number of aliphatic hydroxyl groups excluding tert-OH is 1. The molecule has 4 aliphatic carbocycles. The van der Waals surface area contributed by atoms with E-state index in [9.17, 15) is 29.4 Å². The van der Waals surface area contributed by atoms with E-state index in [4.69, 9.17) is 33.2 Å². The minimum Gasteiger partial charge on any atom is -0.463 e. The van der Waals surface area contributed by atoms with E-state index in [0.717, 1.165) is 44.9 Å². The van der Waals surface area contributed by atoms with Crippen molar-refractivity contribution in [2.45, 2.75) is 201 Å². The maximum Gasteiger partial charge on any atom is 0.303 e. The first-order chi connectivity index (χ1) is 26.3. The van der Waals surface area contributed by atoms with Crippen molar-refractivity contribution in [2.75, 3.05) is 6.61 Å². The number of carbonyl (C=O) groups is 4. The van der Waals surface area contributed by atoms with Gasteiger partial charge in [0.05, 0.1) is 29.5 Å². The van der Waals surface area contributed by atoms with Gasteiger partial charge in [-0.1, -0.05) is 34.6 Å². The number of esters is 4.